The highest BCUT2D eigenvalue weighted by Crippen LogP contribution is 2.45. The van der Waals surface area contributed by atoms with Gasteiger partial charge in [-0.1, -0.05) is 6.42 Å². The summed E-state index contributed by atoms with van der Waals surface area (Å²) in [7, 11) is 0. The molecule has 0 aromatic rings. The first kappa shape index (κ1) is 12.7. The predicted molar refractivity (Wildman–Crippen MR) is 67.0 cm³/mol. The van der Waals surface area contributed by atoms with Crippen molar-refractivity contribution in [3.8, 4) is 0 Å². The first-order valence-corrected chi connectivity index (χ1v) is 6.66. The molecule has 1 aliphatic carbocycles. The molecule has 0 aromatic heterocycles. The fraction of sp³-hybridized carbons (Fsp3) is 0.923. The molecule has 0 radical (unpaired) electrons. The maximum Gasteiger partial charge on any atom is 0.408 e. The summed E-state index contributed by atoms with van der Waals surface area (Å²) in [6, 6.07) is 0.363. The lowest BCUT2D eigenvalue weighted by Gasteiger charge is -2.32. The number of hydrogen-bond acceptors (Lipinski definition) is 3. The van der Waals surface area contributed by atoms with Gasteiger partial charge < -0.3 is 15.4 Å². The summed E-state index contributed by atoms with van der Waals surface area (Å²) >= 11 is 0. The second-order valence-electron chi connectivity index (χ2n) is 6.33. The third-order valence-electron chi connectivity index (χ3n) is 3.46. The van der Waals surface area contributed by atoms with E-state index >= 15 is 0 Å². The van der Waals surface area contributed by atoms with Gasteiger partial charge in [0.05, 0.1) is 0 Å². The van der Waals surface area contributed by atoms with Crippen LogP contribution in [0, 0.1) is 0 Å². The molecule has 2 rings (SSSR count). The molecule has 1 unspecified atom stereocenters. The molecule has 1 saturated heterocycles. The van der Waals surface area contributed by atoms with Gasteiger partial charge in [-0.25, -0.2) is 4.79 Å². The van der Waals surface area contributed by atoms with Gasteiger partial charge in [-0.05, 0) is 53.0 Å². The maximum atomic E-state index is 11.8. The number of alkyl carbamates (subject to hydrolysis) is 1. The van der Waals surface area contributed by atoms with Crippen molar-refractivity contribution in [3.63, 3.8) is 0 Å². The van der Waals surface area contributed by atoms with Gasteiger partial charge in [0.2, 0.25) is 0 Å². The molecule has 2 fully saturated rings. The van der Waals surface area contributed by atoms with Crippen molar-refractivity contribution in [1.29, 1.82) is 0 Å². The summed E-state index contributed by atoms with van der Waals surface area (Å²) in [5.74, 6) is 0. The largest absolute Gasteiger partial charge is 0.441 e. The molecule has 1 amide bonds. The van der Waals surface area contributed by atoms with E-state index in [2.05, 4.69) is 10.6 Å². The van der Waals surface area contributed by atoms with Crippen molar-refractivity contribution in [2.24, 2.45) is 0 Å². The topological polar surface area (TPSA) is 50.4 Å². The van der Waals surface area contributed by atoms with E-state index in [1.54, 1.807) is 0 Å². The number of nitrogens with one attached hydrogen (secondary N) is 2. The summed E-state index contributed by atoms with van der Waals surface area (Å²) in [4.78, 5) is 11.8. The van der Waals surface area contributed by atoms with E-state index in [0.717, 1.165) is 25.8 Å². The van der Waals surface area contributed by atoms with E-state index in [1.807, 2.05) is 20.8 Å². The molecule has 17 heavy (non-hydrogen) atoms. The van der Waals surface area contributed by atoms with Gasteiger partial charge in [-0.3, -0.25) is 0 Å². The molecule has 2 N–H and O–H groups in total. The van der Waals surface area contributed by atoms with Crippen molar-refractivity contribution in [2.45, 2.75) is 70.1 Å². The molecule has 1 aliphatic heterocycles. The Hall–Kier alpha value is -0.770. The molecule has 4 nitrogen and oxygen atoms in total. The fourth-order valence-electron chi connectivity index (χ4n) is 2.46. The molecule has 1 atom stereocenters. The average molecular weight is 240 g/mol. The Labute approximate surface area is 103 Å². The van der Waals surface area contributed by atoms with Crippen molar-refractivity contribution in [2.75, 3.05) is 6.54 Å². The van der Waals surface area contributed by atoms with Crippen molar-refractivity contribution in [3.05, 3.63) is 0 Å². The quantitative estimate of drug-likeness (QED) is 0.778. The molecule has 98 valence electrons. The summed E-state index contributed by atoms with van der Waals surface area (Å²) < 4.78 is 5.65. The highest BCUT2D eigenvalue weighted by atomic mass is 16.6. The molecular weight excluding hydrogens is 216 g/mol. The van der Waals surface area contributed by atoms with Crippen LogP contribution in [0.25, 0.3) is 0 Å². The van der Waals surface area contributed by atoms with Crippen LogP contribution in [-0.2, 0) is 4.74 Å². The molecule has 0 spiro atoms. The van der Waals surface area contributed by atoms with E-state index < -0.39 is 0 Å². The lowest BCUT2D eigenvalue weighted by molar-refractivity contribution is 0.0448. The van der Waals surface area contributed by atoms with Crippen molar-refractivity contribution < 1.29 is 9.53 Å². The van der Waals surface area contributed by atoms with Gasteiger partial charge in [0.1, 0.15) is 5.60 Å². The zero-order valence-corrected chi connectivity index (χ0v) is 11.1. The normalized spacial score (nSPS) is 27.4. The zero-order chi connectivity index (χ0) is 12.5. The van der Waals surface area contributed by atoms with Crippen LogP contribution in [0.5, 0.6) is 0 Å². The van der Waals surface area contributed by atoms with Crippen LogP contribution in [0.2, 0.25) is 0 Å². The fourth-order valence-corrected chi connectivity index (χ4v) is 2.46. The van der Waals surface area contributed by atoms with Gasteiger partial charge in [0.15, 0.2) is 0 Å². The molecule has 1 saturated carbocycles. The van der Waals surface area contributed by atoms with Crippen molar-refractivity contribution in [1.82, 2.24) is 10.6 Å². The minimum absolute atomic E-state index is 0.213. The Morgan fingerprint density at radius 1 is 1.35 bits per heavy atom. The number of carbonyl (C=O) groups is 1. The minimum atomic E-state index is -0.276. The maximum absolute atomic E-state index is 11.8. The molecule has 0 aromatic carbocycles. The van der Waals surface area contributed by atoms with E-state index in [4.69, 9.17) is 4.74 Å². The lowest BCUT2D eigenvalue weighted by Crippen LogP contribution is -2.50. The lowest BCUT2D eigenvalue weighted by atomic mass is 9.98. The Kier molecular flexibility index (Phi) is 3.34. The van der Waals surface area contributed by atoms with E-state index in [-0.39, 0.29) is 17.2 Å². The first-order chi connectivity index (χ1) is 7.91. The van der Waals surface area contributed by atoms with Crippen LogP contribution in [0.15, 0.2) is 0 Å². The van der Waals surface area contributed by atoms with Crippen molar-refractivity contribution >= 4 is 6.09 Å². The molecule has 2 aliphatic rings. The van der Waals surface area contributed by atoms with Gasteiger partial charge >= 0.3 is 6.09 Å². The van der Waals surface area contributed by atoms with Crippen LogP contribution in [-0.4, -0.2) is 29.8 Å². The number of rotatable bonds is 2. The summed E-state index contributed by atoms with van der Waals surface area (Å²) in [5.41, 5.74) is -0.442. The Bertz CT molecular complexity index is 286. The molecular formula is C13H24N2O2. The van der Waals surface area contributed by atoms with Gasteiger partial charge in [-0.15, -0.1) is 0 Å². The summed E-state index contributed by atoms with van der Waals surface area (Å²) in [6.07, 6.45) is 5.33. The second kappa shape index (κ2) is 4.48. The minimum Gasteiger partial charge on any atom is -0.441 e. The Morgan fingerprint density at radius 3 is 2.53 bits per heavy atom. The van der Waals surface area contributed by atoms with Crippen LogP contribution in [0.1, 0.15) is 52.9 Å². The average Bonchev–Trinajstić information content (AvgIpc) is 2.97. The Balaban J connectivity index is 1.87. The van der Waals surface area contributed by atoms with E-state index in [1.165, 1.54) is 12.8 Å². The van der Waals surface area contributed by atoms with Gasteiger partial charge in [-0.2, -0.15) is 0 Å². The monoisotopic (exact) mass is 240 g/mol. The van der Waals surface area contributed by atoms with E-state index in [0.29, 0.717) is 6.04 Å². The van der Waals surface area contributed by atoms with Crippen LogP contribution in [0.3, 0.4) is 0 Å². The SMILES string of the molecule is CC(C)(C)NC(=O)OC1(C2CCCCN2)CC1. The van der Waals surface area contributed by atoms with E-state index in [9.17, 15) is 4.79 Å². The smallest absolute Gasteiger partial charge is 0.408 e. The number of carbonyl (C=O) groups excluding carboxylic acids is 1. The number of amides is 1. The third-order valence-corrected chi connectivity index (χ3v) is 3.46. The summed E-state index contributed by atoms with van der Waals surface area (Å²) in [6.45, 7) is 6.95. The number of ether oxygens (including phenoxy) is 1. The first-order valence-electron chi connectivity index (χ1n) is 6.66. The van der Waals surface area contributed by atoms with Crippen LogP contribution in [0.4, 0.5) is 4.79 Å². The van der Waals surface area contributed by atoms with Crippen LogP contribution >= 0.6 is 0 Å². The van der Waals surface area contributed by atoms with Gasteiger partial charge in [0.25, 0.3) is 0 Å². The third kappa shape index (κ3) is 3.35. The highest BCUT2D eigenvalue weighted by molar-refractivity contribution is 5.69. The number of piperidine rings is 1. The number of hydrogen-bond donors (Lipinski definition) is 2. The molecule has 4 heteroatoms. The summed E-state index contributed by atoms with van der Waals surface area (Å²) in [5, 5.41) is 6.35. The molecule has 1 heterocycles. The van der Waals surface area contributed by atoms with Crippen LogP contribution < -0.4 is 10.6 Å². The zero-order valence-electron chi connectivity index (χ0n) is 11.1. The molecule has 0 bridgehead atoms. The predicted octanol–water partition coefficient (Wildman–Crippen LogP) is 2.19. The second-order valence-corrected chi connectivity index (χ2v) is 6.33. The van der Waals surface area contributed by atoms with Gasteiger partial charge in [0, 0.05) is 11.6 Å². The highest BCUT2D eigenvalue weighted by Gasteiger charge is 2.53. The standard InChI is InChI=1S/C13H24N2O2/c1-12(2,3)15-11(16)17-13(7-8-13)10-6-4-5-9-14-10/h10,14H,4-9H2,1-3H3,(H,15,16). The Morgan fingerprint density at radius 2 is 2.06 bits per heavy atom.